The standard InChI is InChI=1S/C13H16BrN3O2/c1-9-6-10(14)2-3-11(9)16-13(19)8-17-5-4-15-12(18)7-17/h2-3,6H,4-5,7-8H2,1H3,(H,15,18)(H,16,19). The van der Waals surface area contributed by atoms with Crippen LogP contribution in [0.25, 0.3) is 0 Å². The lowest BCUT2D eigenvalue weighted by molar-refractivity contribution is -0.125. The van der Waals surface area contributed by atoms with Gasteiger partial charge in [-0.2, -0.15) is 0 Å². The molecule has 2 amide bonds. The van der Waals surface area contributed by atoms with E-state index in [-0.39, 0.29) is 24.9 Å². The van der Waals surface area contributed by atoms with Gasteiger partial charge in [-0.3, -0.25) is 14.5 Å². The average Bonchev–Trinajstić information content (AvgIpc) is 2.33. The van der Waals surface area contributed by atoms with Gasteiger partial charge in [-0.05, 0) is 30.7 Å². The maximum absolute atomic E-state index is 11.9. The minimum Gasteiger partial charge on any atom is -0.354 e. The minimum absolute atomic E-state index is 0.0288. The minimum atomic E-state index is -0.0971. The third-order valence-corrected chi connectivity index (χ3v) is 3.44. The van der Waals surface area contributed by atoms with Crippen molar-refractivity contribution in [2.45, 2.75) is 6.92 Å². The van der Waals surface area contributed by atoms with Gasteiger partial charge >= 0.3 is 0 Å². The summed E-state index contributed by atoms with van der Waals surface area (Å²) in [5.74, 6) is -0.126. The number of carbonyl (C=O) groups excluding carboxylic acids is 2. The van der Waals surface area contributed by atoms with E-state index in [1.807, 2.05) is 30.0 Å². The van der Waals surface area contributed by atoms with Crippen LogP contribution in [0.15, 0.2) is 22.7 Å². The van der Waals surface area contributed by atoms with Crippen LogP contribution in [0.5, 0.6) is 0 Å². The summed E-state index contributed by atoms with van der Waals surface area (Å²) in [7, 11) is 0. The molecule has 5 nitrogen and oxygen atoms in total. The lowest BCUT2D eigenvalue weighted by Crippen LogP contribution is -2.49. The number of hydrogen-bond donors (Lipinski definition) is 2. The van der Waals surface area contributed by atoms with Gasteiger partial charge in [0, 0.05) is 23.2 Å². The molecule has 6 heteroatoms. The van der Waals surface area contributed by atoms with E-state index in [0.717, 1.165) is 15.7 Å². The first-order valence-corrected chi connectivity index (χ1v) is 6.89. The van der Waals surface area contributed by atoms with Crippen LogP contribution in [-0.4, -0.2) is 42.9 Å². The molecule has 1 aromatic carbocycles. The Hall–Kier alpha value is -1.40. The summed E-state index contributed by atoms with van der Waals surface area (Å²) < 4.78 is 0.982. The van der Waals surface area contributed by atoms with Crippen LogP contribution in [0.2, 0.25) is 0 Å². The molecular formula is C13H16BrN3O2. The molecule has 1 heterocycles. The van der Waals surface area contributed by atoms with Gasteiger partial charge in [-0.15, -0.1) is 0 Å². The van der Waals surface area contributed by atoms with Gasteiger partial charge in [0.05, 0.1) is 13.1 Å². The molecule has 1 fully saturated rings. The third-order valence-electron chi connectivity index (χ3n) is 2.95. The number of benzene rings is 1. The summed E-state index contributed by atoms with van der Waals surface area (Å²) in [6, 6.07) is 5.70. The van der Waals surface area contributed by atoms with Crippen molar-refractivity contribution in [1.82, 2.24) is 10.2 Å². The molecule has 0 unspecified atom stereocenters. The van der Waals surface area contributed by atoms with E-state index >= 15 is 0 Å². The Morgan fingerprint density at radius 2 is 2.32 bits per heavy atom. The van der Waals surface area contributed by atoms with Crippen LogP contribution in [-0.2, 0) is 9.59 Å². The summed E-state index contributed by atoms with van der Waals surface area (Å²) >= 11 is 3.38. The van der Waals surface area contributed by atoms with Crippen molar-refractivity contribution < 1.29 is 9.59 Å². The molecule has 0 aromatic heterocycles. The second-order valence-corrected chi connectivity index (χ2v) is 5.48. The zero-order chi connectivity index (χ0) is 13.8. The second kappa shape index (κ2) is 6.16. The predicted molar refractivity (Wildman–Crippen MR) is 77.0 cm³/mol. The van der Waals surface area contributed by atoms with Crippen molar-refractivity contribution in [2.75, 3.05) is 31.5 Å². The monoisotopic (exact) mass is 325 g/mol. The maximum atomic E-state index is 11.9. The zero-order valence-corrected chi connectivity index (χ0v) is 12.3. The zero-order valence-electron chi connectivity index (χ0n) is 10.7. The summed E-state index contributed by atoms with van der Waals surface area (Å²) in [4.78, 5) is 25.0. The highest BCUT2D eigenvalue weighted by molar-refractivity contribution is 9.10. The van der Waals surface area contributed by atoms with E-state index in [4.69, 9.17) is 0 Å². The number of amides is 2. The van der Waals surface area contributed by atoms with Crippen molar-refractivity contribution in [1.29, 1.82) is 0 Å². The SMILES string of the molecule is Cc1cc(Br)ccc1NC(=O)CN1CCNC(=O)C1. The second-order valence-electron chi connectivity index (χ2n) is 4.57. The van der Waals surface area contributed by atoms with Gasteiger partial charge in [0.1, 0.15) is 0 Å². The van der Waals surface area contributed by atoms with E-state index < -0.39 is 0 Å². The Morgan fingerprint density at radius 3 is 3.00 bits per heavy atom. The van der Waals surface area contributed by atoms with E-state index in [0.29, 0.717) is 13.1 Å². The van der Waals surface area contributed by atoms with Crippen molar-refractivity contribution in [3.63, 3.8) is 0 Å². The van der Waals surface area contributed by atoms with Crippen molar-refractivity contribution in [2.24, 2.45) is 0 Å². The van der Waals surface area contributed by atoms with Gasteiger partial charge in [0.2, 0.25) is 11.8 Å². The summed E-state index contributed by atoms with van der Waals surface area (Å²) in [6.07, 6.45) is 0. The van der Waals surface area contributed by atoms with Crippen LogP contribution >= 0.6 is 15.9 Å². The highest BCUT2D eigenvalue weighted by Crippen LogP contribution is 2.19. The highest BCUT2D eigenvalue weighted by Gasteiger charge is 2.18. The molecular weight excluding hydrogens is 310 g/mol. The van der Waals surface area contributed by atoms with Crippen LogP contribution in [0.4, 0.5) is 5.69 Å². The predicted octanol–water partition coefficient (Wildman–Crippen LogP) is 1.13. The number of rotatable bonds is 3. The number of hydrogen-bond acceptors (Lipinski definition) is 3. The van der Waals surface area contributed by atoms with Crippen LogP contribution < -0.4 is 10.6 Å². The van der Waals surface area contributed by atoms with E-state index in [9.17, 15) is 9.59 Å². The number of nitrogens with one attached hydrogen (secondary N) is 2. The lowest BCUT2D eigenvalue weighted by Gasteiger charge is -2.25. The number of carbonyl (C=O) groups is 2. The molecule has 0 radical (unpaired) electrons. The Kier molecular flexibility index (Phi) is 4.55. The molecule has 1 saturated heterocycles. The largest absolute Gasteiger partial charge is 0.354 e. The molecule has 2 N–H and O–H groups in total. The highest BCUT2D eigenvalue weighted by atomic mass is 79.9. The first-order valence-electron chi connectivity index (χ1n) is 6.09. The smallest absolute Gasteiger partial charge is 0.238 e. The fraction of sp³-hybridized carbons (Fsp3) is 0.385. The summed E-state index contributed by atoms with van der Waals surface area (Å²) in [5.41, 5.74) is 1.80. The molecule has 0 aliphatic carbocycles. The van der Waals surface area contributed by atoms with Crippen molar-refractivity contribution >= 4 is 33.4 Å². The molecule has 0 spiro atoms. The van der Waals surface area contributed by atoms with Gasteiger partial charge in [0.25, 0.3) is 0 Å². The Morgan fingerprint density at radius 1 is 1.53 bits per heavy atom. The van der Waals surface area contributed by atoms with Gasteiger partial charge in [-0.1, -0.05) is 15.9 Å². The van der Waals surface area contributed by atoms with Crippen LogP contribution in [0.3, 0.4) is 0 Å². The summed E-state index contributed by atoms with van der Waals surface area (Å²) in [6.45, 7) is 3.77. The fourth-order valence-corrected chi connectivity index (χ4v) is 2.46. The van der Waals surface area contributed by atoms with E-state index in [1.54, 1.807) is 0 Å². The molecule has 19 heavy (non-hydrogen) atoms. The molecule has 0 saturated carbocycles. The van der Waals surface area contributed by atoms with E-state index in [1.165, 1.54) is 0 Å². The topological polar surface area (TPSA) is 61.4 Å². The average molecular weight is 326 g/mol. The van der Waals surface area contributed by atoms with Gasteiger partial charge < -0.3 is 10.6 Å². The van der Waals surface area contributed by atoms with Crippen LogP contribution in [0, 0.1) is 6.92 Å². The first-order chi connectivity index (χ1) is 9.04. The normalized spacial score (nSPS) is 16.0. The molecule has 0 bridgehead atoms. The molecule has 1 aliphatic heterocycles. The number of anilines is 1. The Balaban J connectivity index is 1.92. The Labute approximate surface area is 120 Å². The fourth-order valence-electron chi connectivity index (χ4n) is 1.99. The first kappa shape index (κ1) is 14.0. The molecule has 0 atom stereocenters. The van der Waals surface area contributed by atoms with Crippen molar-refractivity contribution in [3.05, 3.63) is 28.2 Å². The molecule has 1 aliphatic rings. The van der Waals surface area contributed by atoms with Crippen molar-refractivity contribution in [3.8, 4) is 0 Å². The lowest BCUT2D eigenvalue weighted by atomic mass is 10.2. The van der Waals surface area contributed by atoms with E-state index in [2.05, 4.69) is 26.6 Å². The molecule has 2 rings (SSSR count). The summed E-state index contributed by atoms with van der Waals surface area (Å²) in [5, 5.41) is 5.60. The third kappa shape index (κ3) is 4.04. The van der Waals surface area contributed by atoms with Gasteiger partial charge in [-0.25, -0.2) is 0 Å². The molecule has 102 valence electrons. The quantitative estimate of drug-likeness (QED) is 0.875. The number of nitrogens with zero attached hydrogens (tertiary/aromatic N) is 1. The molecule has 1 aromatic rings. The van der Waals surface area contributed by atoms with Gasteiger partial charge in [0.15, 0.2) is 0 Å². The number of piperazine rings is 1. The maximum Gasteiger partial charge on any atom is 0.238 e. The van der Waals surface area contributed by atoms with Crippen LogP contribution in [0.1, 0.15) is 5.56 Å². The number of halogens is 1. The Bertz CT molecular complexity index is 505. The number of aryl methyl sites for hydroxylation is 1.